The van der Waals surface area contributed by atoms with Crippen molar-refractivity contribution >= 4 is 29.9 Å². The summed E-state index contributed by atoms with van der Waals surface area (Å²) in [5, 5.41) is 3.15. The van der Waals surface area contributed by atoms with E-state index in [9.17, 15) is 0 Å². The van der Waals surface area contributed by atoms with Crippen molar-refractivity contribution in [2.75, 3.05) is 19.7 Å². The van der Waals surface area contributed by atoms with Gasteiger partial charge in [-0.25, -0.2) is 0 Å². The van der Waals surface area contributed by atoms with Crippen molar-refractivity contribution in [3.63, 3.8) is 0 Å². The summed E-state index contributed by atoms with van der Waals surface area (Å²) in [6.07, 6.45) is 6.98. The molecule has 0 radical (unpaired) electrons. The van der Waals surface area contributed by atoms with Gasteiger partial charge in [-0.05, 0) is 24.8 Å². The van der Waals surface area contributed by atoms with E-state index in [2.05, 4.69) is 29.4 Å². The van der Waals surface area contributed by atoms with Gasteiger partial charge in [-0.1, -0.05) is 56.5 Å². The average Bonchev–Trinajstić information content (AvgIpc) is 2.55. The Balaban J connectivity index is 0.00000484. The Hall–Kier alpha value is -0.820. The average molecular weight is 433 g/mol. The van der Waals surface area contributed by atoms with Gasteiger partial charge < -0.3 is 15.8 Å². The molecule has 0 aliphatic heterocycles. The third kappa shape index (κ3) is 13.3. The quantitative estimate of drug-likeness (QED) is 0.226. The number of rotatable bonds is 12. The number of benzene rings is 1. The van der Waals surface area contributed by atoms with Gasteiger partial charge in [0.15, 0.2) is 5.96 Å². The van der Waals surface area contributed by atoms with Crippen LogP contribution in [0.4, 0.5) is 0 Å². The zero-order valence-electron chi connectivity index (χ0n) is 14.3. The minimum Gasteiger partial charge on any atom is -0.377 e. The number of nitrogens with two attached hydrogens (primary N) is 1. The van der Waals surface area contributed by atoms with Crippen molar-refractivity contribution in [2.45, 2.75) is 52.1 Å². The molecule has 5 heteroatoms. The fraction of sp³-hybridized carbons (Fsp3) is 0.611. The number of halogens is 1. The number of hydrogen-bond acceptors (Lipinski definition) is 2. The normalized spacial score (nSPS) is 11.1. The van der Waals surface area contributed by atoms with Crippen molar-refractivity contribution in [3.8, 4) is 0 Å². The van der Waals surface area contributed by atoms with Crippen molar-refractivity contribution < 1.29 is 4.74 Å². The molecule has 0 fully saturated rings. The highest BCUT2D eigenvalue weighted by Crippen LogP contribution is 2.01. The van der Waals surface area contributed by atoms with Gasteiger partial charge >= 0.3 is 0 Å². The van der Waals surface area contributed by atoms with Crippen LogP contribution in [0.15, 0.2) is 35.3 Å². The van der Waals surface area contributed by atoms with Crippen molar-refractivity contribution in [1.82, 2.24) is 5.32 Å². The lowest BCUT2D eigenvalue weighted by molar-refractivity contribution is 0.117. The smallest absolute Gasteiger partial charge is 0.188 e. The molecule has 3 N–H and O–H groups in total. The summed E-state index contributed by atoms with van der Waals surface area (Å²) in [4.78, 5) is 4.32. The van der Waals surface area contributed by atoms with E-state index in [4.69, 9.17) is 10.5 Å². The highest BCUT2D eigenvalue weighted by atomic mass is 127. The van der Waals surface area contributed by atoms with Crippen LogP contribution in [-0.2, 0) is 11.3 Å². The molecule has 0 amide bonds. The Morgan fingerprint density at radius 1 is 1.09 bits per heavy atom. The molecule has 0 atom stereocenters. The van der Waals surface area contributed by atoms with Crippen LogP contribution in [0.1, 0.15) is 51.0 Å². The molecular formula is C18H32IN3O. The minimum absolute atomic E-state index is 0. The van der Waals surface area contributed by atoms with Crippen LogP contribution in [0.25, 0.3) is 0 Å². The summed E-state index contributed by atoms with van der Waals surface area (Å²) in [6.45, 7) is 5.38. The van der Waals surface area contributed by atoms with Crippen LogP contribution in [0.5, 0.6) is 0 Å². The van der Waals surface area contributed by atoms with Crippen molar-refractivity contribution in [2.24, 2.45) is 10.7 Å². The molecule has 0 bridgehead atoms. The molecule has 0 heterocycles. The first kappa shape index (κ1) is 22.2. The van der Waals surface area contributed by atoms with E-state index in [1.165, 1.54) is 24.8 Å². The SMILES string of the molecule is CCCCCCN=C(N)NCCCCOCc1ccccc1.I. The summed E-state index contributed by atoms with van der Waals surface area (Å²) < 4.78 is 5.64. The van der Waals surface area contributed by atoms with Crippen LogP contribution in [-0.4, -0.2) is 25.7 Å². The zero-order chi connectivity index (χ0) is 15.9. The van der Waals surface area contributed by atoms with Gasteiger partial charge in [0.1, 0.15) is 0 Å². The first-order valence-electron chi connectivity index (χ1n) is 8.48. The molecular weight excluding hydrogens is 401 g/mol. The first-order chi connectivity index (χ1) is 10.8. The molecule has 0 aliphatic rings. The maximum atomic E-state index is 5.81. The second kappa shape index (κ2) is 16.1. The van der Waals surface area contributed by atoms with Crippen LogP contribution in [0.2, 0.25) is 0 Å². The number of unbranched alkanes of at least 4 members (excludes halogenated alkanes) is 4. The van der Waals surface area contributed by atoms with Gasteiger partial charge in [0.05, 0.1) is 6.61 Å². The van der Waals surface area contributed by atoms with Gasteiger partial charge in [-0.2, -0.15) is 0 Å². The first-order valence-corrected chi connectivity index (χ1v) is 8.48. The van der Waals surface area contributed by atoms with Crippen molar-refractivity contribution in [3.05, 3.63) is 35.9 Å². The second-order valence-electron chi connectivity index (χ2n) is 5.50. The number of ether oxygens (including phenoxy) is 1. The lowest BCUT2D eigenvalue weighted by Crippen LogP contribution is -2.32. The predicted octanol–water partition coefficient (Wildman–Crippen LogP) is 4.09. The molecule has 23 heavy (non-hydrogen) atoms. The highest BCUT2D eigenvalue weighted by molar-refractivity contribution is 14.0. The molecule has 132 valence electrons. The van der Waals surface area contributed by atoms with E-state index >= 15 is 0 Å². The number of nitrogens with one attached hydrogen (secondary N) is 1. The molecule has 4 nitrogen and oxygen atoms in total. The lowest BCUT2D eigenvalue weighted by atomic mass is 10.2. The summed E-state index contributed by atoms with van der Waals surface area (Å²) >= 11 is 0. The van der Waals surface area contributed by atoms with E-state index in [1.807, 2.05) is 18.2 Å². The molecule has 0 saturated heterocycles. The minimum atomic E-state index is 0. The Morgan fingerprint density at radius 2 is 1.87 bits per heavy atom. The third-order valence-corrected chi connectivity index (χ3v) is 3.43. The monoisotopic (exact) mass is 433 g/mol. The molecule has 0 spiro atoms. The number of hydrogen-bond donors (Lipinski definition) is 2. The topological polar surface area (TPSA) is 59.6 Å². The Morgan fingerprint density at radius 3 is 2.61 bits per heavy atom. The van der Waals surface area contributed by atoms with E-state index in [0.717, 1.165) is 39.0 Å². The number of nitrogens with zero attached hydrogens (tertiary/aromatic N) is 1. The molecule has 0 saturated carbocycles. The van der Waals surface area contributed by atoms with Crippen LogP contribution in [0.3, 0.4) is 0 Å². The summed E-state index contributed by atoms with van der Waals surface area (Å²) in [5.74, 6) is 0.571. The van der Waals surface area contributed by atoms with E-state index in [-0.39, 0.29) is 24.0 Å². The van der Waals surface area contributed by atoms with Gasteiger partial charge in [0, 0.05) is 19.7 Å². The van der Waals surface area contributed by atoms with Gasteiger partial charge in [-0.15, -0.1) is 24.0 Å². The molecule has 0 aromatic heterocycles. The van der Waals surface area contributed by atoms with Crippen LogP contribution < -0.4 is 11.1 Å². The Labute approximate surface area is 158 Å². The fourth-order valence-corrected chi connectivity index (χ4v) is 2.10. The molecule has 0 aliphatic carbocycles. The van der Waals surface area contributed by atoms with Gasteiger partial charge in [0.25, 0.3) is 0 Å². The largest absolute Gasteiger partial charge is 0.377 e. The number of guanidine groups is 1. The van der Waals surface area contributed by atoms with Crippen molar-refractivity contribution in [1.29, 1.82) is 0 Å². The van der Waals surface area contributed by atoms with Gasteiger partial charge in [0.2, 0.25) is 0 Å². The summed E-state index contributed by atoms with van der Waals surface area (Å²) in [5.41, 5.74) is 7.04. The molecule has 1 rings (SSSR count). The fourth-order valence-electron chi connectivity index (χ4n) is 2.10. The highest BCUT2D eigenvalue weighted by Gasteiger charge is 1.94. The van der Waals surface area contributed by atoms with E-state index in [1.54, 1.807) is 0 Å². The molecule has 1 aromatic carbocycles. The standard InChI is InChI=1S/C18H31N3O.HI/c1-2-3-4-8-13-20-18(19)21-14-9-10-15-22-16-17-11-6-5-7-12-17;/h5-7,11-12H,2-4,8-10,13-16H2,1H3,(H3,19,20,21);1H. The summed E-state index contributed by atoms with van der Waals surface area (Å²) in [6, 6.07) is 10.3. The predicted molar refractivity (Wildman–Crippen MR) is 109 cm³/mol. The van der Waals surface area contributed by atoms with Crippen LogP contribution in [0, 0.1) is 0 Å². The Bertz CT molecular complexity index is 399. The van der Waals surface area contributed by atoms with E-state index in [0.29, 0.717) is 12.6 Å². The second-order valence-corrected chi connectivity index (χ2v) is 5.50. The van der Waals surface area contributed by atoms with E-state index < -0.39 is 0 Å². The van der Waals surface area contributed by atoms with Gasteiger partial charge in [-0.3, -0.25) is 4.99 Å². The molecule has 1 aromatic rings. The number of aliphatic imine (C=N–C) groups is 1. The zero-order valence-corrected chi connectivity index (χ0v) is 16.6. The molecule has 0 unspecified atom stereocenters. The lowest BCUT2D eigenvalue weighted by Gasteiger charge is -2.06. The summed E-state index contributed by atoms with van der Waals surface area (Å²) in [7, 11) is 0. The van der Waals surface area contributed by atoms with Crippen LogP contribution >= 0.6 is 24.0 Å². The maximum Gasteiger partial charge on any atom is 0.188 e. The maximum absolute atomic E-state index is 5.81. The third-order valence-electron chi connectivity index (χ3n) is 3.43. The Kier molecular flexibility index (Phi) is 15.5.